The molecule has 3 aromatic rings. The molecule has 0 unspecified atom stereocenters. The first-order valence-corrected chi connectivity index (χ1v) is 13.5. The summed E-state index contributed by atoms with van der Waals surface area (Å²) in [6, 6.07) is 8.06. The lowest BCUT2D eigenvalue weighted by molar-refractivity contribution is 0.0763. The van der Waals surface area contributed by atoms with Crippen LogP contribution in [0.5, 0.6) is 0 Å². The van der Waals surface area contributed by atoms with Crippen molar-refractivity contribution >= 4 is 28.6 Å². The van der Waals surface area contributed by atoms with Crippen molar-refractivity contribution in [1.29, 1.82) is 0 Å². The molecule has 1 aromatic carbocycles. The highest BCUT2D eigenvalue weighted by Gasteiger charge is 2.28. The van der Waals surface area contributed by atoms with E-state index in [-0.39, 0.29) is 5.91 Å². The van der Waals surface area contributed by atoms with Crippen LogP contribution in [-0.2, 0) is 0 Å². The largest absolute Gasteiger partial charge is 0.391 e. The number of carbonyl (C=O) groups excluding carboxylic acids is 1. The Balaban J connectivity index is 1.46. The number of aliphatic hydroxyl groups excluding tert-OH is 1. The number of likely N-dealkylation sites (tertiary alicyclic amines) is 1. The van der Waals surface area contributed by atoms with E-state index < -0.39 is 6.10 Å². The molecule has 198 valence electrons. The second-order valence-corrected chi connectivity index (χ2v) is 10.8. The van der Waals surface area contributed by atoms with Gasteiger partial charge in [-0.15, -0.1) is 10.2 Å². The van der Waals surface area contributed by atoms with Gasteiger partial charge in [0.25, 0.3) is 5.91 Å². The van der Waals surface area contributed by atoms with E-state index >= 15 is 0 Å². The molecular weight excluding hydrogens is 500 g/mol. The van der Waals surface area contributed by atoms with Gasteiger partial charge in [0.1, 0.15) is 5.82 Å². The van der Waals surface area contributed by atoms with Crippen molar-refractivity contribution in [2.24, 2.45) is 5.92 Å². The van der Waals surface area contributed by atoms with Crippen molar-refractivity contribution < 1.29 is 9.90 Å². The number of nitrogens with zero attached hydrogens (tertiary/aromatic N) is 6. The third-order valence-corrected chi connectivity index (χ3v) is 7.52. The number of hydrogen-bond donors (Lipinski definition) is 3. The Hall–Kier alpha value is -3.67. The van der Waals surface area contributed by atoms with E-state index in [1.165, 1.54) is 11.3 Å². The summed E-state index contributed by atoms with van der Waals surface area (Å²) in [6.45, 7) is 7.49. The van der Waals surface area contributed by atoms with E-state index in [9.17, 15) is 9.90 Å². The molecule has 0 saturated carbocycles. The second-order valence-electron chi connectivity index (χ2n) is 9.80. The van der Waals surface area contributed by atoms with Crippen LogP contribution in [-0.4, -0.2) is 93.9 Å². The van der Waals surface area contributed by atoms with Crippen molar-refractivity contribution in [2.75, 3.05) is 52.1 Å². The smallest absolute Gasteiger partial charge is 0.284 e. The quantitative estimate of drug-likeness (QED) is 0.357. The van der Waals surface area contributed by atoms with Gasteiger partial charge >= 0.3 is 0 Å². The first-order valence-electron chi connectivity index (χ1n) is 12.7. The van der Waals surface area contributed by atoms with E-state index in [0.29, 0.717) is 52.6 Å². The summed E-state index contributed by atoms with van der Waals surface area (Å²) in [7, 11) is 3.96. The minimum atomic E-state index is -0.483. The van der Waals surface area contributed by atoms with Crippen molar-refractivity contribution in [3.05, 3.63) is 59.9 Å². The zero-order valence-corrected chi connectivity index (χ0v) is 22.4. The Kier molecular flexibility index (Phi) is 7.77. The highest BCUT2D eigenvalue weighted by Crippen LogP contribution is 2.32. The average Bonchev–Trinajstić information content (AvgIpc) is 3.55. The fraction of sp³-hybridized carbons (Fsp3) is 0.370. The van der Waals surface area contributed by atoms with Gasteiger partial charge in [0.2, 0.25) is 5.01 Å². The third-order valence-electron chi connectivity index (χ3n) is 6.57. The van der Waals surface area contributed by atoms with Gasteiger partial charge in [0.15, 0.2) is 10.8 Å². The van der Waals surface area contributed by atoms with Crippen molar-refractivity contribution in [2.45, 2.75) is 12.5 Å². The Morgan fingerprint density at radius 1 is 1.34 bits per heavy atom. The summed E-state index contributed by atoms with van der Waals surface area (Å²) in [4.78, 5) is 26.0. The van der Waals surface area contributed by atoms with Crippen molar-refractivity contribution in [3.8, 4) is 22.0 Å². The standard InChI is InChI=1S/C27H32N8O2S/c1-4-18(15-34(2)3)19-6-5-7-20(10-19)23-30-14-22(24(31-23)29-13-17-11-28-12-17)25-32-33-26(38-25)27(37)35-9-8-21(36)16-35/h4-7,10,14-15,17,21,28,36H,1,8-9,11-13,16H2,2-3H3,(H,29,30,31)/b18-15+/t21-/m0/s1. The van der Waals surface area contributed by atoms with Gasteiger partial charge in [-0.1, -0.05) is 42.2 Å². The molecule has 4 heterocycles. The molecule has 0 bridgehead atoms. The number of nitrogens with one attached hydrogen (secondary N) is 2. The topological polar surface area (TPSA) is 119 Å². The van der Waals surface area contributed by atoms with Gasteiger partial charge < -0.3 is 25.5 Å². The van der Waals surface area contributed by atoms with Crippen LogP contribution in [0.15, 0.2) is 49.3 Å². The molecule has 3 N–H and O–H groups in total. The summed E-state index contributed by atoms with van der Waals surface area (Å²) >= 11 is 1.22. The molecule has 11 heteroatoms. The zero-order valence-electron chi connectivity index (χ0n) is 21.6. The van der Waals surface area contributed by atoms with Crippen LogP contribution in [0.3, 0.4) is 0 Å². The molecule has 10 nitrogen and oxygen atoms in total. The molecule has 1 atom stereocenters. The van der Waals surface area contributed by atoms with Gasteiger partial charge in [-0.05, 0) is 23.6 Å². The maximum Gasteiger partial charge on any atom is 0.284 e. The SMILES string of the molecule is C=C/C(=C\N(C)C)c1cccc(-c2ncc(-c3nnc(C(=O)N4CC[C@H](O)C4)s3)c(NCC3CNC3)n2)c1. The molecule has 1 amide bonds. The Bertz CT molecular complexity index is 1350. The summed E-state index contributed by atoms with van der Waals surface area (Å²) in [5.74, 6) is 1.55. The number of aromatic nitrogens is 4. The lowest BCUT2D eigenvalue weighted by Crippen LogP contribution is -2.45. The van der Waals surface area contributed by atoms with Gasteiger partial charge in [-0.2, -0.15) is 0 Å². The monoisotopic (exact) mass is 532 g/mol. The Labute approximate surface area is 226 Å². The van der Waals surface area contributed by atoms with Gasteiger partial charge in [-0.3, -0.25) is 4.79 Å². The number of hydrogen-bond acceptors (Lipinski definition) is 10. The molecule has 2 aliphatic heterocycles. The predicted molar refractivity (Wildman–Crippen MR) is 150 cm³/mol. The third kappa shape index (κ3) is 5.74. The summed E-state index contributed by atoms with van der Waals surface area (Å²) in [5.41, 5.74) is 3.61. The molecule has 38 heavy (non-hydrogen) atoms. The number of carbonyl (C=O) groups is 1. The van der Waals surface area contributed by atoms with Gasteiger partial charge in [0.05, 0.1) is 11.7 Å². The molecule has 2 aliphatic rings. The lowest BCUT2D eigenvalue weighted by atomic mass is 10.0. The van der Waals surface area contributed by atoms with Crippen LogP contribution in [0, 0.1) is 5.92 Å². The minimum absolute atomic E-state index is 0.210. The number of β-amino-alcohol motifs (C(OH)–C–C–N with tert-alkyl or cyclic N) is 1. The van der Waals surface area contributed by atoms with Crippen LogP contribution in [0.25, 0.3) is 27.5 Å². The second kappa shape index (κ2) is 11.4. The number of rotatable bonds is 9. The molecule has 0 spiro atoms. The van der Waals surface area contributed by atoms with Gasteiger partial charge in [0, 0.05) is 70.7 Å². The van der Waals surface area contributed by atoms with E-state index in [1.54, 1.807) is 11.1 Å². The highest BCUT2D eigenvalue weighted by molar-refractivity contribution is 7.16. The first-order chi connectivity index (χ1) is 18.4. The molecule has 5 rings (SSSR count). The van der Waals surface area contributed by atoms with Gasteiger partial charge in [-0.25, -0.2) is 9.97 Å². The number of amides is 1. The zero-order chi connectivity index (χ0) is 26.6. The lowest BCUT2D eigenvalue weighted by Gasteiger charge is -2.27. The van der Waals surface area contributed by atoms with Crippen LogP contribution in [0.4, 0.5) is 5.82 Å². The number of benzene rings is 1. The summed E-state index contributed by atoms with van der Waals surface area (Å²) in [5, 5.41) is 25.9. The van der Waals surface area contributed by atoms with Crippen molar-refractivity contribution in [1.82, 2.24) is 35.3 Å². The fourth-order valence-corrected chi connectivity index (χ4v) is 5.21. The molecule has 0 radical (unpaired) electrons. The van der Waals surface area contributed by atoms with E-state index in [4.69, 9.17) is 4.98 Å². The number of allylic oxidation sites excluding steroid dienone is 2. The van der Waals surface area contributed by atoms with E-state index in [0.717, 1.165) is 36.3 Å². The van der Waals surface area contributed by atoms with Crippen LogP contribution >= 0.6 is 11.3 Å². The summed E-state index contributed by atoms with van der Waals surface area (Å²) < 4.78 is 0. The minimum Gasteiger partial charge on any atom is -0.391 e. The predicted octanol–water partition coefficient (Wildman–Crippen LogP) is 2.59. The molecular formula is C27H32N8O2S. The average molecular weight is 533 g/mol. The molecule has 2 saturated heterocycles. The van der Waals surface area contributed by atoms with E-state index in [1.807, 2.05) is 49.5 Å². The van der Waals surface area contributed by atoms with Crippen LogP contribution in [0.1, 0.15) is 21.8 Å². The Morgan fingerprint density at radius 2 is 2.18 bits per heavy atom. The summed E-state index contributed by atoms with van der Waals surface area (Å²) in [6.07, 6.45) is 5.70. The van der Waals surface area contributed by atoms with Crippen molar-refractivity contribution in [3.63, 3.8) is 0 Å². The normalized spacial score (nSPS) is 17.8. The van der Waals surface area contributed by atoms with E-state index in [2.05, 4.69) is 38.5 Å². The molecule has 2 aromatic heterocycles. The molecule has 0 aliphatic carbocycles. The highest BCUT2D eigenvalue weighted by atomic mass is 32.1. The maximum absolute atomic E-state index is 12.9. The van der Waals surface area contributed by atoms with Crippen LogP contribution in [0.2, 0.25) is 0 Å². The maximum atomic E-state index is 12.9. The number of aliphatic hydroxyl groups is 1. The number of anilines is 1. The molecule has 2 fully saturated rings. The van der Waals surface area contributed by atoms with Crippen LogP contribution < -0.4 is 10.6 Å². The fourth-order valence-electron chi connectivity index (χ4n) is 4.39. The Morgan fingerprint density at radius 3 is 2.87 bits per heavy atom. The first kappa shape index (κ1) is 26.0.